The van der Waals surface area contributed by atoms with Crippen LogP contribution in [0.2, 0.25) is 10.0 Å². The highest BCUT2D eigenvalue weighted by atomic mass is 35.5. The van der Waals surface area contributed by atoms with Crippen molar-refractivity contribution in [3.63, 3.8) is 0 Å². The first-order valence-electron chi connectivity index (χ1n) is 6.46. The molecule has 4 nitrogen and oxygen atoms in total. The summed E-state index contributed by atoms with van der Waals surface area (Å²) in [6.45, 7) is 2.34. The van der Waals surface area contributed by atoms with Gasteiger partial charge in [-0.3, -0.25) is 0 Å². The molecule has 0 aromatic heterocycles. The molecule has 0 bridgehead atoms. The van der Waals surface area contributed by atoms with E-state index < -0.39 is 10.0 Å². The minimum atomic E-state index is -3.69. The van der Waals surface area contributed by atoms with Crippen LogP contribution in [0.4, 0.5) is 0 Å². The lowest BCUT2D eigenvalue weighted by Gasteiger charge is -2.16. The van der Waals surface area contributed by atoms with Crippen molar-refractivity contribution in [2.45, 2.75) is 31.1 Å². The second-order valence-corrected chi connectivity index (χ2v) is 7.17. The number of sulfonamides is 1. The standard InChI is InChI=1S/C13H19Cl2NO3S/c1-2-3-10(6-7-17)9-16-20(18,19)13-8-11(14)4-5-12(13)15/h4-5,8,10,16-17H,2-3,6-7,9H2,1H3. The number of hydrogen-bond acceptors (Lipinski definition) is 3. The molecule has 0 aliphatic heterocycles. The van der Waals surface area contributed by atoms with E-state index in [1.807, 2.05) is 6.92 Å². The zero-order valence-corrected chi connectivity index (χ0v) is 13.6. The Bertz CT molecular complexity index is 528. The average Bonchev–Trinajstić information content (AvgIpc) is 2.39. The van der Waals surface area contributed by atoms with Gasteiger partial charge in [-0.05, 0) is 37.0 Å². The van der Waals surface area contributed by atoms with E-state index in [4.69, 9.17) is 28.3 Å². The van der Waals surface area contributed by atoms with E-state index in [0.717, 1.165) is 12.8 Å². The quantitative estimate of drug-likeness (QED) is 0.764. The van der Waals surface area contributed by atoms with Crippen LogP contribution in [0.3, 0.4) is 0 Å². The smallest absolute Gasteiger partial charge is 0.242 e. The normalized spacial score (nSPS) is 13.4. The number of benzene rings is 1. The fourth-order valence-electron chi connectivity index (χ4n) is 1.93. The molecule has 0 radical (unpaired) electrons. The van der Waals surface area contributed by atoms with Crippen LogP contribution in [0.5, 0.6) is 0 Å². The minimum Gasteiger partial charge on any atom is -0.396 e. The number of nitrogens with one attached hydrogen (secondary N) is 1. The molecule has 0 heterocycles. The van der Waals surface area contributed by atoms with Gasteiger partial charge in [-0.2, -0.15) is 0 Å². The molecule has 2 N–H and O–H groups in total. The molecule has 1 rings (SSSR count). The van der Waals surface area contributed by atoms with Crippen molar-refractivity contribution in [3.05, 3.63) is 28.2 Å². The van der Waals surface area contributed by atoms with E-state index in [9.17, 15) is 8.42 Å². The Balaban J connectivity index is 2.81. The van der Waals surface area contributed by atoms with Gasteiger partial charge in [-0.15, -0.1) is 0 Å². The average molecular weight is 340 g/mol. The van der Waals surface area contributed by atoms with E-state index >= 15 is 0 Å². The van der Waals surface area contributed by atoms with Crippen molar-refractivity contribution in [2.75, 3.05) is 13.2 Å². The van der Waals surface area contributed by atoms with Crippen molar-refractivity contribution in [1.82, 2.24) is 4.72 Å². The molecule has 114 valence electrons. The third kappa shape index (κ3) is 5.22. The maximum atomic E-state index is 12.2. The number of hydrogen-bond donors (Lipinski definition) is 2. The van der Waals surface area contributed by atoms with Crippen LogP contribution in [0.25, 0.3) is 0 Å². The van der Waals surface area contributed by atoms with E-state index in [-0.39, 0.29) is 29.0 Å². The first-order valence-corrected chi connectivity index (χ1v) is 8.70. The Kier molecular flexibility index (Phi) is 7.26. The molecule has 0 fully saturated rings. The van der Waals surface area contributed by atoms with Gasteiger partial charge in [0.1, 0.15) is 4.90 Å². The number of rotatable bonds is 8. The minimum absolute atomic E-state index is 0.0223. The second kappa shape index (κ2) is 8.20. The molecular formula is C13H19Cl2NO3S. The first-order chi connectivity index (χ1) is 9.40. The third-order valence-corrected chi connectivity index (χ3v) is 5.12. The second-order valence-electron chi connectivity index (χ2n) is 4.59. The zero-order valence-electron chi connectivity index (χ0n) is 11.3. The maximum absolute atomic E-state index is 12.2. The lowest BCUT2D eigenvalue weighted by Crippen LogP contribution is -2.30. The van der Waals surface area contributed by atoms with Crippen molar-refractivity contribution in [3.8, 4) is 0 Å². The van der Waals surface area contributed by atoms with Crippen LogP contribution in [0.1, 0.15) is 26.2 Å². The number of halogens is 2. The Hall–Kier alpha value is -0.330. The van der Waals surface area contributed by atoms with Gasteiger partial charge in [0.15, 0.2) is 0 Å². The number of aliphatic hydroxyl groups is 1. The van der Waals surface area contributed by atoms with E-state index in [1.54, 1.807) is 0 Å². The van der Waals surface area contributed by atoms with E-state index in [0.29, 0.717) is 11.4 Å². The summed E-state index contributed by atoms with van der Waals surface area (Å²) in [5, 5.41) is 9.42. The Morgan fingerprint density at radius 1 is 1.30 bits per heavy atom. The molecule has 1 atom stereocenters. The SMILES string of the molecule is CCCC(CCO)CNS(=O)(=O)c1cc(Cl)ccc1Cl. The van der Waals surface area contributed by atoms with Gasteiger partial charge in [0, 0.05) is 18.2 Å². The Morgan fingerprint density at radius 2 is 2.00 bits per heavy atom. The van der Waals surface area contributed by atoms with Crippen LogP contribution in [0, 0.1) is 5.92 Å². The lowest BCUT2D eigenvalue weighted by atomic mass is 10.0. The van der Waals surface area contributed by atoms with Crippen LogP contribution in [-0.2, 0) is 10.0 Å². The fourth-order valence-corrected chi connectivity index (χ4v) is 3.80. The zero-order chi connectivity index (χ0) is 15.2. The van der Waals surface area contributed by atoms with Gasteiger partial charge in [0.2, 0.25) is 10.0 Å². The summed E-state index contributed by atoms with van der Waals surface area (Å²) in [6.07, 6.45) is 2.36. The summed E-state index contributed by atoms with van der Waals surface area (Å²) in [7, 11) is -3.69. The molecule has 0 aliphatic carbocycles. The molecular weight excluding hydrogens is 321 g/mol. The van der Waals surface area contributed by atoms with Gasteiger partial charge >= 0.3 is 0 Å². The molecule has 1 aromatic carbocycles. The third-order valence-electron chi connectivity index (χ3n) is 2.98. The van der Waals surface area contributed by atoms with Gasteiger partial charge < -0.3 is 5.11 Å². The summed E-state index contributed by atoms with van der Waals surface area (Å²) >= 11 is 11.7. The highest BCUT2D eigenvalue weighted by Gasteiger charge is 2.19. The predicted octanol–water partition coefficient (Wildman–Crippen LogP) is 3.07. The molecule has 0 aliphatic rings. The van der Waals surface area contributed by atoms with Crippen molar-refractivity contribution in [2.24, 2.45) is 5.92 Å². The van der Waals surface area contributed by atoms with E-state index in [1.165, 1.54) is 18.2 Å². The van der Waals surface area contributed by atoms with Crippen LogP contribution in [-0.4, -0.2) is 26.7 Å². The summed E-state index contributed by atoms with van der Waals surface area (Å²) in [5.41, 5.74) is 0. The molecule has 20 heavy (non-hydrogen) atoms. The van der Waals surface area contributed by atoms with Crippen LogP contribution < -0.4 is 4.72 Å². The molecule has 0 amide bonds. The van der Waals surface area contributed by atoms with Gasteiger partial charge in [0.25, 0.3) is 0 Å². The first kappa shape index (κ1) is 17.7. The van der Waals surface area contributed by atoms with Crippen LogP contribution in [0.15, 0.2) is 23.1 Å². The molecule has 1 aromatic rings. The topological polar surface area (TPSA) is 66.4 Å². The van der Waals surface area contributed by atoms with Crippen molar-refractivity contribution in [1.29, 1.82) is 0 Å². The van der Waals surface area contributed by atoms with Crippen LogP contribution >= 0.6 is 23.2 Å². The van der Waals surface area contributed by atoms with Crippen molar-refractivity contribution >= 4 is 33.2 Å². The largest absolute Gasteiger partial charge is 0.396 e. The fraction of sp³-hybridized carbons (Fsp3) is 0.538. The molecule has 0 saturated carbocycles. The number of aliphatic hydroxyl groups excluding tert-OH is 1. The van der Waals surface area contributed by atoms with Gasteiger partial charge in [-0.25, -0.2) is 13.1 Å². The summed E-state index contributed by atoms with van der Waals surface area (Å²) < 4.78 is 26.9. The van der Waals surface area contributed by atoms with E-state index in [2.05, 4.69) is 4.72 Å². The lowest BCUT2D eigenvalue weighted by molar-refractivity contribution is 0.251. The Morgan fingerprint density at radius 3 is 2.60 bits per heavy atom. The summed E-state index contributed by atoms with van der Waals surface area (Å²) in [5.74, 6) is 0.109. The van der Waals surface area contributed by atoms with Gasteiger partial charge in [-0.1, -0.05) is 36.5 Å². The Labute approximate surface area is 130 Å². The maximum Gasteiger partial charge on any atom is 0.242 e. The predicted molar refractivity (Wildman–Crippen MR) is 81.8 cm³/mol. The highest BCUT2D eigenvalue weighted by Crippen LogP contribution is 2.25. The molecule has 7 heteroatoms. The molecule has 1 unspecified atom stereocenters. The summed E-state index contributed by atoms with van der Waals surface area (Å²) in [4.78, 5) is -0.0223. The summed E-state index contributed by atoms with van der Waals surface area (Å²) in [6, 6.07) is 4.32. The molecule has 0 saturated heterocycles. The monoisotopic (exact) mass is 339 g/mol. The molecule has 0 spiro atoms. The highest BCUT2D eigenvalue weighted by molar-refractivity contribution is 7.89. The van der Waals surface area contributed by atoms with Crippen molar-refractivity contribution < 1.29 is 13.5 Å². The van der Waals surface area contributed by atoms with Gasteiger partial charge in [0.05, 0.1) is 5.02 Å².